The van der Waals surface area contributed by atoms with Crippen molar-refractivity contribution < 1.29 is 9.53 Å². The van der Waals surface area contributed by atoms with E-state index in [-0.39, 0.29) is 5.11 Å². The molecule has 1 atom stereocenters. The number of benzene rings is 2. The molecule has 27 heavy (non-hydrogen) atoms. The first kappa shape index (κ1) is 22.3. The fourth-order valence-electron chi connectivity index (χ4n) is 2.07. The van der Waals surface area contributed by atoms with Crippen molar-refractivity contribution in [3.8, 4) is 5.75 Å². The Morgan fingerprint density at radius 2 is 1.74 bits per heavy atom. The van der Waals surface area contributed by atoms with Crippen LogP contribution in [0.15, 0.2) is 48.5 Å². The van der Waals surface area contributed by atoms with E-state index in [1.807, 2.05) is 24.3 Å². The SMILES string of the molecule is COc1ccccc1C(=O)NC(NC(=S)Nc1ccc(I)cc1)C(Cl)(Cl)Cl. The molecule has 0 bridgehead atoms. The molecule has 5 nitrogen and oxygen atoms in total. The predicted molar refractivity (Wildman–Crippen MR) is 123 cm³/mol. The molecule has 2 rings (SSSR count). The molecule has 10 heteroatoms. The van der Waals surface area contributed by atoms with Crippen LogP contribution in [0.4, 0.5) is 5.69 Å². The average molecular weight is 559 g/mol. The molecule has 0 spiro atoms. The molecule has 2 aromatic rings. The highest BCUT2D eigenvalue weighted by atomic mass is 127. The van der Waals surface area contributed by atoms with E-state index < -0.39 is 15.9 Å². The molecule has 0 aliphatic heterocycles. The molecule has 1 unspecified atom stereocenters. The summed E-state index contributed by atoms with van der Waals surface area (Å²) in [5.41, 5.74) is 1.06. The van der Waals surface area contributed by atoms with Crippen LogP contribution in [0.3, 0.4) is 0 Å². The van der Waals surface area contributed by atoms with Crippen LogP contribution in [-0.4, -0.2) is 28.1 Å². The third-order valence-electron chi connectivity index (χ3n) is 3.33. The second-order valence-electron chi connectivity index (χ2n) is 5.25. The second kappa shape index (κ2) is 9.97. The Balaban J connectivity index is 2.10. The van der Waals surface area contributed by atoms with Crippen LogP contribution >= 0.6 is 69.6 Å². The van der Waals surface area contributed by atoms with Crippen molar-refractivity contribution in [1.82, 2.24) is 10.6 Å². The first-order chi connectivity index (χ1) is 12.7. The summed E-state index contributed by atoms with van der Waals surface area (Å²) in [5, 5.41) is 8.59. The molecule has 3 N–H and O–H groups in total. The van der Waals surface area contributed by atoms with Crippen LogP contribution < -0.4 is 20.7 Å². The standard InChI is InChI=1S/C17H15Cl3IN3O2S/c1-26-13-5-3-2-4-12(13)14(25)23-15(17(18,19)20)24-16(27)22-11-8-6-10(21)7-9-11/h2-9,15H,1H3,(H,23,25)(H2,22,24,27). The van der Waals surface area contributed by atoms with E-state index in [1.165, 1.54) is 7.11 Å². The number of para-hydroxylation sites is 1. The molecule has 0 saturated heterocycles. The van der Waals surface area contributed by atoms with E-state index in [0.29, 0.717) is 11.3 Å². The number of thiocarbonyl (C=S) groups is 1. The van der Waals surface area contributed by atoms with Crippen molar-refractivity contribution in [2.24, 2.45) is 0 Å². The van der Waals surface area contributed by atoms with Crippen LogP contribution in [0, 0.1) is 3.57 Å². The van der Waals surface area contributed by atoms with Crippen LogP contribution in [-0.2, 0) is 0 Å². The Bertz CT molecular complexity index is 816. The first-order valence-corrected chi connectivity index (χ1v) is 10.2. The van der Waals surface area contributed by atoms with Gasteiger partial charge in [-0.05, 0) is 71.2 Å². The Labute approximate surface area is 191 Å². The molecule has 144 valence electrons. The van der Waals surface area contributed by atoms with Crippen molar-refractivity contribution >= 4 is 86.3 Å². The van der Waals surface area contributed by atoms with Crippen molar-refractivity contribution in [1.29, 1.82) is 0 Å². The summed E-state index contributed by atoms with van der Waals surface area (Å²) in [6, 6.07) is 14.3. The summed E-state index contributed by atoms with van der Waals surface area (Å²) < 4.78 is 4.42. The smallest absolute Gasteiger partial charge is 0.256 e. The topological polar surface area (TPSA) is 62.4 Å². The van der Waals surface area contributed by atoms with Crippen molar-refractivity contribution in [3.05, 3.63) is 57.7 Å². The lowest BCUT2D eigenvalue weighted by molar-refractivity contribution is 0.0931. The van der Waals surface area contributed by atoms with Gasteiger partial charge >= 0.3 is 0 Å². The lowest BCUT2D eigenvalue weighted by Gasteiger charge is -2.28. The Morgan fingerprint density at radius 3 is 2.33 bits per heavy atom. The van der Waals surface area contributed by atoms with Crippen molar-refractivity contribution in [2.45, 2.75) is 9.96 Å². The largest absolute Gasteiger partial charge is 0.496 e. The summed E-state index contributed by atoms with van der Waals surface area (Å²) in [7, 11) is 1.47. The van der Waals surface area contributed by atoms with Gasteiger partial charge in [-0.25, -0.2) is 0 Å². The molecule has 0 saturated carbocycles. The zero-order valence-electron chi connectivity index (χ0n) is 13.9. The molecular weight excluding hydrogens is 544 g/mol. The molecule has 0 aromatic heterocycles. The number of amides is 1. The quantitative estimate of drug-likeness (QED) is 0.215. The summed E-state index contributed by atoms with van der Waals surface area (Å²) in [6.45, 7) is 0. The highest BCUT2D eigenvalue weighted by molar-refractivity contribution is 14.1. The molecule has 1 amide bonds. The number of rotatable bonds is 5. The number of halogens is 4. The minimum atomic E-state index is -1.85. The van der Waals surface area contributed by atoms with E-state index in [9.17, 15) is 4.79 Å². The van der Waals surface area contributed by atoms with Gasteiger partial charge in [-0.15, -0.1) is 0 Å². The van der Waals surface area contributed by atoms with Gasteiger partial charge in [0.15, 0.2) is 5.11 Å². The lowest BCUT2D eigenvalue weighted by Crippen LogP contribution is -2.56. The van der Waals surface area contributed by atoms with E-state index in [0.717, 1.165) is 9.26 Å². The van der Waals surface area contributed by atoms with Gasteiger partial charge in [0.25, 0.3) is 5.91 Å². The summed E-state index contributed by atoms with van der Waals surface area (Å²) in [5.74, 6) is -0.0778. The van der Waals surface area contributed by atoms with E-state index >= 15 is 0 Å². The number of carbonyl (C=O) groups excluding carboxylic acids is 1. The van der Waals surface area contributed by atoms with Crippen LogP contribution in [0.2, 0.25) is 0 Å². The minimum absolute atomic E-state index is 0.188. The number of hydrogen-bond acceptors (Lipinski definition) is 3. The summed E-state index contributed by atoms with van der Waals surface area (Å²) in [6.07, 6.45) is -1.08. The zero-order valence-corrected chi connectivity index (χ0v) is 19.2. The van der Waals surface area contributed by atoms with E-state index in [2.05, 4.69) is 38.5 Å². The molecular formula is C17H15Cl3IN3O2S. The van der Waals surface area contributed by atoms with Crippen molar-refractivity contribution in [2.75, 3.05) is 12.4 Å². The number of methoxy groups -OCH3 is 1. The van der Waals surface area contributed by atoms with Gasteiger partial charge in [0.05, 0.1) is 12.7 Å². The number of hydrogen-bond donors (Lipinski definition) is 3. The Morgan fingerprint density at radius 1 is 1.11 bits per heavy atom. The number of ether oxygens (including phenoxy) is 1. The highest BCUT2D eigenvalue weighted by Gasteiger charge is 2.35. The van der Waals surface area contributed by atoms with Gasteiger partial charge in [0, 0.05) is 9.26 Å². The van der Waals surface area contributed by atoms with Crippen LogP contribution in [0.5, 0.6) is 5.75 Å². The van der Waals surface area contributed by atoms with Gasteiger partial charge < -0.3 is 20.7 Å². The third kappa shape index (κ3) is 6.83. The summed E-state index contributed by atoms with van der Waals surface area (Å²) in [4.78, 5) is 12.6. The first-order valence-electron chi connectivity index (χ1n) is 7.54. The van der Waals surface area contributed by atoms with Gasteiger partial charge in [-0.1, -0.05) is 46.9 Å². The monoisotopic (exact) mass is 557 g/mol. The fourth-order valence-corrected chi connectivity index (χ4v) is 2.99. The van der Waals surface area contributed by atoms with E-state index in [4.69, 9.17) is 51.8 Å². The Kier molecular flexibility index (Phi) is 8.23. The Hall–Kier alpha value is -1.000. The van der Waals surface area contributed by atoms with E-state index in [1.54, 1.807) is 24.3 Å². The maximum atomic E-state index is 12.6. The molecule has 0 fully saturated rings. The van der Waals surface area contributed by atoms with Gasteiger partial charge in [0.2, 0.25) is 3.79 Å². The molecule has 0 aliphatic carbocycles. The highest BCUT2D eigenvalue weighted by Crippen LogP contribution is 2.30. The van der Waals surface area contributed by atoms with Crippen LogP contribution in [0.1, 0.15) is 10.4 Å². The predicted octanol–water partition coefficient (Wildman–Crippen LogP) is 4.71. The molecule has 0 aliphatic rings. The zero-order chi connectivity index (χ0) is 20.0. The maximum Gasteiger partial charge on any atom is 0.256 e. The fraction of sp³-hybridized carbons (Fsp3) is 0.176. The van der Waals surface area contributed by atoms with Crippen molar-refractivity contribution in [3.63, 3.8) is 0 Å². The van der Waals surface area contributed by atoms with Gasteiger partial charge in [-0.3, -0.25) is 4.79 Å². The molecule has 0 heterocycles. The normalized spacial score (nSPS) is 12.0. The minimum Gasteiger partial charge on any atom is -0.496 e. The van der Waals surface area contributed by atoms with Gasteiger partial charge in [0.1, 0.15) is 11.9 Å². The average Bonchev–Trinajstić information content (AvgIpc) is 2.62. The number of anilines is 1. The number of carbonyl (C=O) groups is 1. The third-order valence-corrected chi connectivity index (χ3v) is 4.93. The number of nitrogens with one attached hydrogen (secondary N) is 3. The second-order valence-corrected chi connectivity index (χ2v) is 9.28. The van der Waals surface area contributed by atoms with Gasteiger partial charge in [-0.2, -0.15) is 0 Å². The lowest BCUT2D eigenvalue weighted by atomic mass is 10.2. The van der Waals surface area contributed by atoms with Crippen LogP contribution in [0.25, 0.3) is 0 Å². The number of alkyl halides is 3. The molecule has 2 aromatic carbocycles. The maximum absolute atomic E-state index is 12.6. The molecule has 0 radical (unpaired) electrons. The summed E-state index contributed by atoms with van der Waals surface area (Å²) >= 11 is 25.5.